The predicted octanol–water partition coefficient (Wildman–Crippen LogP) is 3.06. The predicted molar refractivity (Wildman–Crippen MR) is 95.0 cm³/mol. The summed E-state index contributed by atoms with van der Waals surface area (Å²) in [4.78, 5) is 15.1. The van der Waals surface area contributed by atoms with Crippen LogP contribution in [0.4, 0.5) is 0 Å². The monoisotopic (exact) mass is 334 g/mol. The SMILES string of the molecule is Cc1cccc(-c2ccc(OC[C@@H]3Cn4ccc(=O)nc4O3)cc2)c1. The first-order chi connectivity index (χ1) is 12.2. The third-order valence-corrected chi connectivity index (χ3v) is 4.16. The summed E-state index contributed by atoms with van der Waals surface area (Å²) in [6.45, 7) is 3.12. The molecule has 0 saturated carbocycles. The van der Waals surface area contributed by atoms with Crippen molar-refractivity contribution in [1.29, 1.82) is 0 Å². The molecule has 2 heterocycles. The molecule has 25 heavy (non-hydrogen) atoms. The van der Waals surface area contributed by atoms with Crippen LogP contribution >= 0.6 is 0 Å². The summed E-state index contributed by atoms with van der Waals surface area (Å²) < 4.78 is 13.3. The zero-order valence-corrected chi connectivity index (χ0v) is 13.9. The van der Waals surface area contributed by atoms with Crippen molar-refractivity contribution in [3.8, 4) is 22.9 Å². The minimum Gasteiger partial charge on any atom is -0.490 e. The highest BCUT2D eigenvalue weighted by Gasteiger charge is 2.23. The first-order valence-electron chi connectivity index (χ1n) is 8.21. The summed E-state index contributed by atoms with van der Waals surface area (Å²) in [5, 5.41) is 0. The molecule has 0 fully saturated rings. The molecule has 0 radical (unpaired) electrons. The largest absolute Gasteiger partial charge is 0.490 e. The Kier molecular flexibility index (Phi) is 3.98. The van der Waals surface area contributed by atoms with E-state index in [1.807, 2.05) is 28.8 Å². The van der Waals surface area contributed by atoms with Crippen LogP contribution in [0.3, 0.4) is 0 Å². The van der Waals surface area contributed by atoms with E-state index in [1.54, 1.807) is 6.20 Å². The molecule has 1 aliphatic heterocycles. The van der Waals surface area contributed by atoms with Gasteiger partial charge in [-0.3, -0.25) is 9.36 Å². The van der Waals surface area contributed by atoms with Gasteiger partial charge in [0.1, 0.15) is 12.4 Å². The molecule has 1 aliphatic rings. The topological polar surface area (TPSA) is 53.4 Å². The van der Waals surface area contributed by atoms with Crippen LogP contribution in [0.1, 0.15) is 5.56 Å². The van der Waals surface area contributed by atoms with Gasteiger partial charge in [-0.25, -0.2) is 0 Å². The Balaban J connectivity index is 1.39. The van der Waals surface area contributed by atoms with Crippen molar-refractivity contribution < 1.29 is 9.47 Å². The molecule has 0 aliphatic carbocycles. The molecule has 2 aromatic carbocycles. The number of aromatic nitrogens is 2. The first-order valence-corrected chi connectivity index (χ1v) is 8.21. The quantitative estimate of drug-likeness (QED) is 0.736. The molecule has 0 spiro atoms. The Hall–Kier alpha value is -3.08. The van der Waals surface area contributed by atoms with Crippen molar-refractivity contribution in [2.45, 2.75) is 19.6 Å². The minimum atomic E-state index is -0.292. The second kappa shape index (κ2) is 6.43. The van der Waals surface area contributed by atoms with Crippen LogP contribution in [0.2, 0.25) is 0 Å². The molecule has 1 atom stereocenters. The molecular weight excluding hydrogens is 316 g/mol. The van der Waals surface area contributed by atoms with Crippen LogP contribution in [-0.2, 0) is 6.54 Å². The van der Waals surface area contributed by atoms with Crippen LogP contribution in [0.5, 0.6) is 11.8 Å². The first kappa shape index (κ1) is 15.4. The fourth-order valence-corrected chi connectivity index (χ4v) is 2.90. The molecule has 0 saturated heterocycles. The van der Waals surface area contributed by atoms with Gasteiger partial charge in [0, 0.05) is 12.3 Å². The van der Waals surface area contributed by atoms with Gasteiger partial charge in [0.05, 0.1) is 6.54 Å². The lowest BCUT2D eigenvalue weighted by Crippen LogP contribution is -2.23. The fourth-order valence-electron chi connectivity index (χ4n) is 2.90. The molecular formula is C20H18N2O3. The Labute approximate surface area is 145 Å². The van der Waals surface area contributed by atoms with Crippen molar-refractivity contribution >= 4 is 0 Å². The lowest BCUT2D eigenvalue weighted by molar-refractivity contribution is 0.143. The number of benzene rings is 2. The molecule has 5 heteroatoms. The minimum absolute atomic E-state index is 0.147. The number of aryl methyl sites for hydroxylation is 1. The third-order valence-electron chi connectivity index (χ3n) is 4.16. The number of rotatable bonds is 4. The zero-order chi connectivity index (χ0) is 17.2. The third kappa shape index (κ3) is 3.40. The molecule has 1 aromatic heterocycles. The molecule has 0 amide bonds. The van der Waals surface area contributed by atoms with Crippen molar-refractivity contribution in [2.75, 3.05) is 6.61 Å². The normalized spacial score (nSPS) is 15.5. The average molecular weight is 334 g/mol. The van der Waals surface area contributed by atoms with Crippen LogP contribution < -0.4 is 15.0 Å². The van der Waals surface area contributed by atoms with Gasteiger partial charge in [0.25, 0.3) is 11.6 Å². The summed E-state index contributed by atoms with van der Waals surface area (Å²) in [6, 6.07) is 18.2. The van der Waals surface area contributed by atoms with E-state index in [4.69, 9.17) is 9.47 Å². The van der Waals surface area contributed by atoms with E-state index < -0.39 is 0 Å². The summed E-state index contributed by atoms with van der Waals surface area (Å²) in [6.07, 6.45) is 1.55. The summed E-state index contributed by atoms with van der Waals surface area (Å²) in [5.41, 5.74) is 3.29. The number of hydrogen-bond donors (Lipinski definition) is 0. The van der Waals surface area contributed by atoms with Gasteiger partial charge < -0.3 is 9.47 Å². The van der Waals surface area contributed by atoms with Crippen molar-refractivity contribution in [3.05, 3.63) is 76.7 Å². The van der Waals surface area contributed by atoms with E-state index >= 15 is 0 Å². The Morgan fingerprint density at radius 3 is 2.80 bits per heavy atom. The lowest BCUT2D eigenvalue weighted by atomic mass is 10.0. The maximum Gasteiger partial charge on any atom is 0.300 e. The van der Waals surface area contributed by atoms with E-state index in [9.17, 15) is 4.79 Å². The van der Waals surface area contributed by atoms with Crippen LogP contribution in [-0.4, -0.2) is 22.3 Å². The van der Waals surface area contributed by atoms with Crippen LogP contribution in [0.15, 0.2) is 65.6 Å². The highest BCUT2D eigenvalue weighted by Crippen LogP contribution is 2.24. The van der Waals surface area contributed by atoms with Crippen LogP contribution in [0.25, 0.3) is 11.1 Å². The summed E-state index contributed by atoms with van der Waals surface area (Å²) >= 11 is 0. The molecule has 4 rings (SSSR count). The number of ether oxygens (including phenoxy) is 2. The highest BCUT2D eigenvalue weighted by molar-refractivity contribution is 5.64. The van der Waals surface area contributed by atoms with Crippen molar-refractivity contribution in [3.63, 3.8) is 0 Å². The molecule has 126 valence electrons. The van der Waals surface area contributed by atoms with Crippen molar-refractivity contribution in [2.24, 2.45) is 0 Å². The van der Waals surface area contributed by atoms with E-state index in [1.165, 1.54) is 17.2 Å². The van der Waals surface area contributed by atoms with Gasteiger partial charge in [-0.1, -0.05) is 42.0 Å². The van der Waals surface area contributed by atoms with Gasteiger partial charge in [-0.05, 0) is 30.2 Å². The van der Waals surface area contributed by atoms with E-state index in [2.05, 4.69) is 36.2 Å². The van der Waals surface area contributed by atoms with Crippen LogP contribution in [0, 0.1) is 6.92 Å². The second-order valence-corrected chi connectivity index (χ2v) is 6.15. The Morgan fingerprint density at radius 2 is 2.00 bits per heavy atom. The summed E-state index contributed by atoms with van der Waals surface area (Å²) in [5.74, 6) is 0.790. The van der Waals surface area contributed by atoms with Gasteiger partial charge in [0.15, 0.2) is 6.10 Å². The Bertz CT molecular complexity index is 948. The maximum absolute atomic E-state index is 11.2. The van der Waals surface area contributed by atoms with Gasteiger partial charge in [-0.2, -0.15) is 4.98 Å². The molecule has 0 bridgehead atoms. The summed E-state index contributed by atoms with van der Waals surface area (Å²) in [7, 11) is 0. The van der Waals surface area contributed by atoms with E-state index in [0.717, 1.165) is 11.3 Å². The number of nitrogens with zero attached hydrogens (tertiary/aromatic N) is 2. The van der Waals surface area contributed by atoms with Gasteiger partial charge in [0.2, 0.25) is 0 Å². The average Bonchev–Trinajstić information content (AvgIpc) is 3.02. The highest BCUT2D eigenvalue weighted by atomic mass is 16.6. The standard InChI is InChI=1S/C20H18N2O3/c1-14-3-2-4-16(11-14)15-5-7-17(8-6-15)24-13-18-12-22-10-9-19(23)21-20(22)25-18/h2-11,18H,12-13H2,1H3/t18-/m0/s1. The molecule has 5 nitrogen and oxygen atoms in total. The fraction of sp³-hybridized carbons (Fsp3) is 0.200. The molecule has 0 N–H and O–H groups in total. The van der Waals surface area contributed by atoms with Gasteiger partial charge in [-0.15, -0.1) is 0 Å². The van der Waals surface area contributed by atoms with E-state index in [0.29, 0.717) is 19.2 Å². The maximum atomic E-state index is 11.2. The second-order valence-electron chi connectivity index (χ2n) is 6.15. The number of fused-ring (bicyclic) bond motifs is 1. The van der Waals surface area contributed by atoms with E-state index in [-0.39, 0.29) is 11.7 Å². The van der Waals surface area contributed by atoms with Crippen molar-refractivity contribution in [1.82, 2.24) is 9.55 Å². The Morgan fingerprint density at radius 1 is 1.16 bits per heavy atom. The molecule has 0 unspecified atom stereocenters. The zero-order valence-electron chi connectivity index (χ0n) is 13.9. The lowest BCUT2D eigenvalue weighted by Gasteiger charge is -2.11. The number of hydrogen-bond acceptors (Lipinski definition) is 4. The smallest absolute Gasteiger partial charge is 0.300 e. The molecule has 3 aromatic rings. The van der Waals surface area contributed by atoms with Gasteiger partial charge >= 0.3 is 0 Å².